The second-order valence-corrected chi connectivity index (χ2v) is 8.37. The summed E-state index contributed by atoms with van der Waals surface area (Å²) in [6.45, 7) is 0. The Labute approximate surface area is 202 Å². The first kappa shape index (κ1) is 20.4. The van der Waals surface area contributed by atoms with Gasteiger partial charge in [-0.1, -0.05) is 54.6 Å². The van der Waals surface area contributed by atoms with Gasteiger partial charge in [-0.2, -0.15) is 10.5 Å². The van der Waals surface area contributed by atoms with Crippen LogP contribution in [0.1, 0.15) is 11.1 Å². The third-order valence-electron chi connectivity index (χ3n) is 6.31. The fraction of sp³-hybridized carbons (Fsp3) is 0. The SMILES string of the molecule is N#Cc1ccc(-c2ccc(-c3cccc(-n4c5ccccc5c5cc(C#N)ccc54)c3)cc2)nc1. The maximum Gasteiger partial charge on any atom is 0.101 e. The van der Waals surface area contributed by atoms with E-state index in [1.54, 1.807) is 12.3 Å². The fourth-order valence-corrected chi connectivity index (χ4v) is 4.61. The van der Waals surface area contributed by atoms with E-state index in [0.29, 0.717) is 11.1 Å². The number of benzene rings is 4. The minimum absolute atomic E-state index is 0.552. The van der Waals surface area contributed by atoms with Gasteiger partial charge in [-0.3, -0.25) is 4.98 Å². The molecular formula is C31H18N4. The maximum absolute atomic E-state index is 9.40. The minimum atomic E-state index is 0.552. The van der Waals surface area contributed by atoms with Gasteiger partial charge in [0, 0.05) is 28.2 Å². The smallest absolute Gasteiger partial charge is 0.101 e. The van der Waals surface area contributed by atoms with Gasteiger partial charge in [0.05, 0.1) is 33.9 Å². The summed E-state index contributed by atoms with van der Waals surface area (Å²) in [6, 6.07) is 39.0. The lowest BCUT2D eigenvalue weighted by Gasteiger charge is -2.11. The van der Waals surface area contributed by atoms with Gasteiger partial charge >= 0.3 is 0 Å². The Bertz CT molecular complexity index is 1800. The molecule has 0 spiro atoms. The van der Waals surface area contributed by atoms with Crippen LogP contribution in [0.3, 0.4) is 0 Å². The van der Waals surface area contributed by atoms with Crippen molar-refractivity contribution < 1.29 is 0 Å². The van der Waals surface area contributed by atoms with Gasteiger partial charge < -0.3 is 4.57 Å². The molecule has 6 aromatic rings. The molecule has 0 unspecified atom stereocenters. The van der Waals surface area contributed by atoms with Gasteiger partial charge in [-0.05, 0) is 59.7 Å². The monoisotopic (exact) mass is 446 g/mol. The number of pyridine rings is 1. The Morgan fingerprint density at radius 1 is 0.571 bits per heavy atom. The summed E-state index contributed by atoms with van der Waals surface area (Å²) in [5.41, 5.74) is 8.52. The number of nitriles is 2. The molecule has 4 nitrogen and oxygen atoms in total. The predicted octanol–water partition coefficient (Wildman–Crippen LogP) is 7.26. The first-order valence-electron chi connectivity index (χ1n) is 11.3. The standard InChI is InChI=1S/C31H18N4/c32-18-21-9-15-31-28(16-21)27-6-1-2-7-30(27)35(31)26-5-3-4-25(17-26)23-10-12-24(13-11-23)29-14-8-22(19-33)20-34-29/h1-17,20H. The highest BCUT2D eigenvalue weighted by Gasteiger charge is 2.13. The van der Waals surface area contributed by atoms with Crippen molar-refractivity contribution in [1.82, 2.24) is 9.55 Å². The van der Waals surface area contributed by atoms with Crippen molar-refractivity contribution in [2.75, 3.05) is 0 Å². The molecule has 0 bridgehead atoms. The van der Waals surface area contributed by atoms with Crippen LogP contribution < -0.4 is 0 Å². The Morgan fingerprint density at radius 2 is 1.31 bits per heavy atom. The number of hydrogen-bond donors (Lipinski definition) is 0. The molecule has 0 aliphatic rings. The van der Waals surface area contributed by atoms with Crippen LogP contribution in [0.4, 0.5) is 0 Å². The zero-order valence-electron chi connectivity index (χ0n) is 18.7. The van der Waals surface area contributed by atoms with Gasteiger partial charge in [0.25, 0.3) is 0 Å². The molecule has 0 amide bonds. The number of para-hydroxylation sites is 1. The molecule has 0 atom stereocenters. The predicted molar refractivity (Wildman–Crippen MR) is 139 cm³/mol. The van der Waals surface area contributed by atoms with Crippen molar-refractivity contribution in [3.8, 4) is 40.2 Å². The van der Waals surface area contributed by atoms with Crippen LogP contribution in [0.5, 0.6) is 0 Å². The van der Waals surface area contributed by atoms with Crippen LogP contribution in [0.15, 0.2) is 109 Å². The number of aromatic nitrogens is 2. The van der Waals surface area contributed by atoms with Crippen molar-refractivity contribution in [2.45, 2.75) is 0 Å². The number of nitrogens with zero attached hydrogens (tertiary/aromatic N) is 4. The van der Waals surface area contributed by atoms with Crippen molar-refractivity contribution >= 4 is 21.8 Å². The summed E-state index contributed by atoms with van der Waals surface area (Å²) < 4.78 is 2.25. The van der Waals surface area contributed by atoms with Crippen LogP contribution in [0.25, 0.3) is 49.9 Å². The summed E-state index contributed by atoms with van der Waals surface area (Å²) in [5, 5.41) is 20.6. The molecule has 2 aromatic heterocycles. The van der Waals surface area contributed by atoms with E-state index in [9.17, 15) is 5.26 Å². The molecule has 0 aliphatic heterocycles. The Kier molecular flexibility index (Phi) is 4.84. The van der Waals surface area contributed by atoms with E-state index in [1.165, 1.54) is 0 Å². The van der Waals surface area contributed by atoms with Crippen molar-refractivity contribution in [2.24, 2.45) is 0 Å². The van der Waals surface area contributed by atoms with E-state index in [0.717, 1.165) is 49.9 Å². The zero-order valence-corrected chi connectivity index (χ0v) is 18.7. The van der Waals surface area contributed by atoms with Crippen LogP contribution in [0.2, 0.25) is 0 Å². The summed E-state index contributed by atoms with van der Waals surface area (Å²) in [6.07, 6.45) is 1.60. The molecule has 162 valence electrons. The lowest BCUT2D eigenvalue weighted by atomic mass is 10.0. The second kappa shape index (κ2) is 8.30. The molecule has 35 heavy (non-hydrogen) atoms. The van der Waals surface area contributed by atoms with Crippen LogP contribution >= 0.6 is 0 Å². The highest BCUT2D eigenvalue weighted by atomic mass is 15.0. The van der Waals surface area contributed by atoms with Crippen LogP contribution in [-0.4, -0.2) is 9.55 Å². The normalized spacial score (nSPS) is 10.8. The van der Waals surface area contributed by atoms with Gasteiger partial charge in [0.15, 0.2) is 0 Å². The van der Waals surface area contributed by atoms with Crippen LogP contribution in [-0.2, 0) is 0 Å². The summed E-state index contributed by atoms with van der Waals surface area (Å²) in [7, 11) is 0. The highest BCUT2D eigenvalue weighted by Crippen LogP contribution is 2.34. The number of hydrogen-bond acceptors (Lipinski definition) is 3. The lowest BCUT2D eigenvalue weighted by molar-refractivity contribution is 1.18. The average molecular weight is 447 g/mol. The Balaban J connectivity index is 1.44. The molecule has 0 saturated heterocycles. The number of fused-ring (bicyclic) bond motifs is 3. The lowest BCUT2D eigenvalue weighted by Crippen LogP contribution is -1.94. The van der Waals surface area contributed by atoms with Crippen molar-refractivity contribution in [1.29, 1.82) is 10.5 Å². The molecule has 4 aromatic carbocycles. The second-order valence-electron chi connectivity index (χ2n) is 8.37. The molecule has 0 fully saturated rings. The maximum atomic E-state index is 9.40. The molecule has 0 N–H and O–H groups in total. The van der Waals surface area contributed by atoms with E-state index in [1.807, 2.05) is 36.4 Å². The Hall–Kier alpha value is -5.19. The summed E-state index contributed by atoms with van der Waals surface area (Å²) >= 11 is 0. The quantitative estimate of drug-likeness (QED) is 0.287. The van der Waals surface area contributed by atoms with E-state index in [2.05, 4.69) is 82.4 Å². The van der Waals surface area contributed by atoms with E-state index in [4.69, 9.17) is 5.26 Å². The van der Waals surface area contributed by atoms with E-state index >= 15 is 0 Å². The molecule has 0 radical (unpaired) electrons. The third kappa shape index (κ3) is 3.51. The van der Waals surface area contributed by atoms with Gasteiger partial charge in [0.1, 0.15) is 6.07 Å². The molecule has 4 heteroatoms. The summed E-state index contributed by atoms with van der Waals surface area (Å²) in [5.74, 6) is 0. The molecular weight excluding hydrogens is 428 g/mol. The average Bonchev–Trinajstić information content (AvgIpc) is 3.27. The topological polar surface area (TPSA) is 65.4 Å². The Morgan fingerprint density at radius 3 is 2.09 bits per heavy atom. The minimum Gasteiger partial charge on any atom is -0.309 e. The molecule has 2 heterocycles. The third-order valence-corrected chi connectivity index (χ3v) is 6.31. The first-order chi connectivity index (χ1) is 17.2. The summed E-state index contributed by atoms with van der Waals surface area (Å²) in [4.78, 5) is 4.39. The molecule has 0 aliphatic carbocycles. The number of rotatable bonds is 3. The van der Waals surface area contributed by atoms with Crippen molar-refractivity contribution in [3.05, 3.63) is 120 Å². The van der Waals surface area contributed by atoms with E-state index in [-0.39, 0.29) is 0 Å². The van der Waals surface area contributed by atoms with Gasteiger partial charge in [-0.15, -0.1) is 0 Å². The van der Waals surface area contributed by atoms with Gasteiger partial charge in [0.2, 0.25) is 0 Å². The zero-order chi connectivity index (χ0) is 23.8. The largest absolute Gasteiger partial charge is 0.309 e. The van der Waals surface area contributed by atoms with E-state index < -0.39 is 0 Å². The van der Waals surface area contributed by atoms with Gasteiger partial charge in [-0.25, -0.2) is 0 Å². The fourth-order valence-electron chi connectivity index (χ4n) is 4.61. The van der Waals surface area contributed by atoms with Crippen molar-refractivity contribution in [3.63, 3.8) is 0 Å². The molecule has 6 rings (SSSR count). The highest BCUT2D eigenvalue weighted by molar-refractivity contribution is 6.09. The first-order valence-corrected chi connectivity index (χ1v) is 11.3. The molecule has 0 saturated carbocycles. The van der Waals surface area contributed by atoms with Crippen LogP contribution in [0, 0.1) is 22.7 Å².